The third kappa shape index (κ3) is 4.12. The van der Waals surface area contributed by atoms with Crippen LogP contribution in [0.1, 0.15) is 15.9 Å². The molecule has 120 valence electrons. The quantitative estimate of drug-likeness (QED) is 0.715. The Morgan fingerprint density at radius 1 is 0.958 bits per heavy atom. The minimum absolute atomic E-state index is 0.225. The van der Waals surface area contributed by atoms with Gasteiger partial charge in [0.05, 0.1) is 10.6 Å². The molecule has 0 radical (unpaired) electrons. The highest BCUT2D eigenvalue weighted by atomic mass is 35.5. The number of nitrogens with zero attached hydrogens (tertiary/aromatic N) is 1. The molecule has 1 amide bonds. The molecule has 5 heteroatoms. The van der Waals surface area contributed by atoms with Crippen LogP contribution in [-0.4, -0.2) is 10.9 Å². The summed E-state index contributed by atoms with van der Waals surface area (Å²) in [6.07, 6.45) is 3.57. The number of carbonyl (C=O) groups excluding carboxylic acids is 1. The predicted molar refractivity (Wildman–Crippen MR) is 97.4 cm³/mol. The molecule has 0 atom stereocenters. The van der Waals surface area contributed by atoms with E-state index in [1.54, 1.807) is 30.5 Å². The first-order valence-corrected chi connectivity index (χ1v) is 7.89. The van der Waals surface area contributed by atoms with Gasteiger partial charge < -0.3 is 10.6 Å². The smallest absolute Gasteiger partial charge is 0.257 e. The predicted octanol–water partition coefficient (Wildman–Crippen LogP) is 4.60. The zero-order valence-electron chi connectivity index (χ0n) is 12.9. The van der Waals surface area contributed by atoms with Crippen LogP contribution in [-0.2, 0) is 6.54 Å². The third-order valence-corrected chi connectivity index (χ3v) is 3.81. The summed E-state index contributed by atoms with van der Waals surface area (Å²) < 4.78 is 0. The number of benzene rings is 2. The van der Waals surface area contributed by atoms with E-state index in [1.165, 1.54) is 0 Å². The van der Waals surface area contributed by atoms with Gasteiger partial charge in [-0.1, -0.05) is 29.8 Å². The Balaban J connectivity index is 1.60. The zero-order valence-corrected chi connectivity index (χ0v) is 13.6. The fraction of sp³-hybridized carbons (Fsp3) is 0.0526. The average molecular weight is 338 g/mol. The summed E-state index contributed by atoms with van der Waals surface area (Å²) in [5.41, 5.74) is 3.24. The van der Waals surface area contributed by atoms with Crippen molar-refractivity contribution in [2.75, 3.05) is 10.6 Å². The van der Waals surface area contributed by atoms with Crippen molar-refractivity contribution in [2.24, 2.45) is 0 Å². The lowest BCUT2D eigenvalue weighted by Crippen LogP contribution is -2.12. The molecule has 0 bridgehead atoms. The average Bonchev–Trinajstić information content (AvgIpc) is 2.62. The minimum Gasteiger partial charge on any atom is -0.381 e. The van der Waals surface area contributed by atoms with Crippen molar-refractivity contribution in [1.29, 1.82) is 0 Å². The summed E-state index contributed by atoms with van der Waals surface area (Å²) in [7, 11) is 0. The molecule has 24 heavy (non-hydrogen) atoms. The van der Waals surface area contributed by atoms with Crippen molar-refractivity contribution < 1.29 is 4.79 Å². The van der Waals surface area contributed by atoms with Crippen LogP contribution in [0.4, 0.5) is 11.4 Å². The van der Waals surface area contributed by atoms with Crippen molar-refractivity contribution in [3.8, 4) is 0 Å². The summed E-state index contributed by atoms with van der Waals surface area (Å²) in [5, 5.41) is 6.58. The van der Waals surface area contributed by atoms with Gasteiger partial charge >= 0.3 is 0 Å². The molecule has 0 aliphatic rings. The van der Waals surface area contributed by atoms with Crippen molar-refractivity contribution in [2.45, 2.75) is 6.54 Å². The molecule has 1 heterocycles. The Morgan fingerprint density at radius 3 is 2.42 bits per heavy atom. The second-order valence-electron chi connectivity index (χ2n) is 5.23. The molecule has 1 aromatic heterocycles. The van der Waals surface area contributed by atoms with Crippen LogP contribution in [0.25, 0.3) is 0 Å². The Morgan fingerprint density at radius 2 is 1.71 bits per heavy atom. The highest BCUT2D eigenvalue weighted by Crippen LogP contribution is 2.19. The molecule has 3 rings (SSSR count). The van der Waals surface area contributed by atoms with Gasteiger partial charge in [0.25, 0.3) is 5.91 Å². The van der Waals surface area contributed by atoms with E-state index in [2.05, 4.69) is 15.6 Å². The molecule has 0 saturated carbocycles. The Bertz CT molecular complexity index is 820. The van der Waals surface area contributed by atoms with Crippen molar-refractivity contribution in [3.05, 3.63) is 89.2 Å². The lowest BCUT2D eigenvalue weighted by Gasteiger charge is -2.09. The standard InChI is InChI=1S/C19H16ClN3O/c20-18-6-2-1-5-17(18)19(24)23-16-9-7-15(8-10-16)22-13-14-4-3-11-21-12-14/h1-12,22H,13H2,(H,23,24). The molecule has 0 saturated heterocycles. The van der Waals surface area contributed by atoms with Crippen molar-refractivity contribution in [3.63, 3.8) is 0 Å². The topological polar surface area (TPSA) is 54.0 Å². The maximum absolute atomic E-state index is 12.2. The number of rotatable bonds is 5. The van der Waals surface area contributed by atoms with Gasteiger partial charge in [-0.15, -0.1) is 0 Å². The third-order valence-electron chi connectivity index (χ3n) is 3.48. The van der Waals surface area contributed by atoms with Gasteiger partial charge in [0.1, 0.15) is 0 Å². The Hall–Kier alpha value is -2.85. The van der Waals surface area contributed by atoms with Crippen molar-refractivity contribution >= 4 is 28.9 Å². The van der Waals surface area contributed by atoms with E-state index < -0.39 is 0 Å². The molecule has 4 nitrogen and oxygen atoms in total. The largest absolute Gasteiger partial charge is 0.381 e. The highest BCUT2D eigenvalue weighted by molar-refractivity contribution is 6.34. The van der Waals surface area contributed by atoms with Gasteiger partial charge in [-0.3, -0.25) is 9.78 Å². The van der Waals surface area contributed by atoms with Crippen LogP contribution < -0.4 is 10.6 Å². The van der Waals surface area contributed by atoms with E-state index in [1.807, 2.05) is 42.6 Å². The molecule has 2 aromatic carbocycles. The lowest BCUT2D eigenvalue weighted by molar-refractivity contribution is 0.102. The van der Waals surface area contributed by atoms with Gasteiger partial charge in [0.15, 0.2) is 0 Å². The molecule has 3 aromatic rings. The van der Waals surface area contributed by atoms with E-state index in [0.29, 0.717) is 22.8 Å². The molecule has 0 spiro atoms. The molecule has 0 aliphatic carbocycles. The van der Waals surface area contributed by atoms with Gasteiger partial charge in [-0.2, -0.15) is 0 Å². The molecule has 0 unspecified atom stereocenters. The maximum Gasteiger partial charge on any atom is 0.257 e. The number of aromatic nitrogens is 1. The number of halogens is 1. The van der Waals surface area contributed by atoms with Crippen LogP contribution in [0.3, 0.4) is 0 Å². The number of anilines is 2. The summed E-state index contributed by atoms with van der Waals surface area (Å²) in [6, 6.07) is 18.4. The number of hydrogen-bond acceptors (Lipinski definition) is 3. The SMILES string of the molecule is O=C(Nc1ccc(NCc2cccnc2)cc1)c1ccccc1Cl. The summed E-state index contributed by atoms with van der Waals surface area (Å²) in [5.74, 6) is -0.225. The Kier molecular flexibility index (Phi) is 5.08. The van der Waals surface area contributed by atoms with Crippen LogP contribution in [0, 0.1) is 0 Å². The first kappa shape index (κ1) is 16.0. The van der Waals surface area contributed by atoms with Crippen LogP contribution in [0.2, 0.25) is 5.02 Å². The normalized spacial score (nSPS) is 10.2. The van der Waals surface area contributed by atoms with Crippen LogP contribution in [0.15, 0.2) is 73.1 Å². The summed E-state index contributed by atoms with van der Waals surface area (Å²) in [4.78, 5) is 16.3. The lowest BCUT2D eigenvalue weighted by atomic mass is 10.2. The number of hydrogen-bond donors (Lipinski definition) is 2. The van der Waals surface area contributed by atoms with Crippen molar-refractivity contribution in [1.82, 2.24) is 4.98 Å². The zero-order chi connectivity index (χ0) is 16.8. The fourth-order valence-corrected chi connectivity index (χ4v) is 2.44. The minimum atomic E-state index is -0.225. The van der Waals surface area contributed by atoms with Gasteiger partial charge in [-0.05, 0) is 48.0 Å². The van der Waals surface area contributed by atoms with Crippen LogP contribution >= 0.6 is 11.6 Å². The summed E-state index contributed by atoms with van der Waals surface area (Å²) in [6.45, 7) is 0.694. The highest BCUT2D eigenvalue weighted by Gasteiger charge is 2.09. The monoisotopic (exact) mass is 337 g/mol. The number of amides is 1. The molecular weight excluding hydrogens is 322 g/mol. The van der Waals surface area contributed by atoms with E-state index in [-0.39, 0.29) is 5.91 Å². The van der Waals surface area contributed by atoms with Gasteiger partial charge in [0, 0.05) is 30.3 Å². The molecule has 0 aliphatic heterocycles. The fourth-order valence-electron chi connectivity index (χ4n) is 2.22. The van der Waals surface area contributed by atoms with Gasteiger partial charge in [-0.25, -0.2) is 0 Å². The van der Waals surface area contributed by atoms with Crippen LogP contribution in [0.5, 0.6) is 0 Å². The van der Waals surface area contributed by atoms with E-state index in [4.69, 9.17) is 11.6 Å². The number of carbonyl (C=O) groups is 1. The first-order valence-electron chi connectivity index (χ1n) is 7.51. The second kappa shape index (κ2) is 7.62. The Labute approximate surface area is 145 Å². The van der Waals surface area contributed by atoms with E-state index >= 15 is 0 Å². The maximum atomic E-state index is 12.2. The van der Waals surface area contributed by atoms with E-state index in [9.17, 15) is 4.79 Å². The molecule has 0 fully saturated rings. The molecule has 2 N–H and O–H groups in total. The first-order chi connectivity index (χ1) is 11.7. The number of pyridine rings is 1. The number of nitrogens with one attached hydrogen (secondary N) is 2. The summed E-state index contributed by atoms with van der Waals surface area (Å²) >= 11 is 6.03. The van der Waals surface area contributed by atoms with E-state index in [0.717, 1.165) is 11.3 Å². The molecular formula is C19H16ClN3O. The second-order valence-corrected chi connectivity index (χ2v) is 5.63. The van der Waals surface area contributed by atoms with Gasteiger partial charge in [0.2, 0.25) is 0 Å².